The summed E-state index contributed by atoms with van der Waals surface area (Å²) < 4.78 is 6.08. The zero-order valence-corrected chi connectivity index (χ0v) is 18.2. The predicted octanol–water partition coefficient (Wildman–Crippen LogP) is 4.51. The lowest BCUT2D eigenvalue weighted by atomic mass is 9.90. The second-order valence-electron chi connectivity index (χ2n) is 7.42. The molecule has 156 valence electrons. The summed E-state index contributed by atoms with van der Waals surface area (Å²) in [6, 6.07) is 23.7. The summed E-state index contributed by atoms with van der Waals surface area (Å²) in [5, 5.41) is 1.69. The Labute approximate surface area is 188 Å². The summed E-state index contributed by atoms with van der Waals surface area (Å²) in [5.41, 5.74) is 2.19. The number of methoxy groups -OCH3 is 1. The molecule has 6 nitrogen and oxygen atoms in total. The van der Waals surface area contributed by atoms with Gasteiger partial charge in [-0.3, -0.25) is 14.4 Å². The smallest absolute Gasteiger partial charge is 0.266 e. The third-order valence-corrected chi connectivity index (χ3v) is 6.14. The highest BCUT2D eigenvalue weighted by molar-refractivity contribution is 9.10. The Balaban J connectivity index is 1.57. The van der Waals surface area contributed by atoms with Gasteiger partial charge in [0.1, 0.15) is 11.7 Å². The fraction of sp³-hybridized carbons (Fsp3) is 0.167. The van der Waals surface area contributed by atoms with Crippen molar-refractivity contribution in [1.82, 2.24) is 0 Å². The monoisotopic (exact) mass is 478 g/mol. The molecule has 5 rings (SSSR count). The van der Waals surface area contributed by atoms with E-state index in [9.17, 15) is 9.59 Å². The Morgan fingerprint density at radius 2 is 1.61 bits per heavy atom. The molecule has 2 aliphatic rings. The summed E-state index contributed by atoms with van der Waals surface area (Å²) in [5.74, 6) is -0.646. The van der Waals surface area contributed by atoms with Crippen LogP contribution < -0.4 is 14.7 Å². The van der Waals surface area contributed by atoms with Crippen molar-refractivity contribution in [2.45, 2.75) is 12.1 Å². The number of carbonyl (C=O) groups excluding carboxylic acids is 2. The van der Waals surface area contributed by atoms with Crippen molar-refractivity contribution in [3.63, 3.8) is 0 Å². The van der Waals surface area contributed by atoms with Gasteiger partial charge >= 0.3 is 0 Å². The molecule has 31 heavy (non-hydrogen) atoms. The van der Waals surface area contributed by atoms with Crippen LogP contribution in [0.4, 0.5) is 11.4 Å². The van der Waals surface area contributed by atoms with Crippen molar-refractivity contribution in [3.05, 3.63) is 88.9 Å². The number of halogens is 1. The van der Waals surface area contributed by atoms with Crippen molar-refractivity contribution in [2.24, 2.45) is 5.92 Å². The average Bonchev–Trinajstić information content (AvgIpc) is 3.31. The maximum absolute atomic E-state index is 13.6. The van der Waals surface area contributed by atoms with E-state index in [-0.39, 0.29) is 11.8 Å². The lowest BCUT2D eigenvalue weighted by Gasteiger charge is -2.28. The number of carbonyl (C=O) groups is 2. The van der Waals surface area contributed by atoms with Gasteiger partial charge in [-0.05, 0) is 54.1 Å². The van der Waals surface area contributed by atoms with Gasteiger partial charge in [0.15, 0.2) is 6.10 Å². The lowest BCUT2D eigenvalue weighted by Crippen LogP contribution is -2.37. The first kappa shape index (κ1) is 19.8. The second kappa shape index (κ2) is 7.83. The number of anilines is 2. The van der Waals surface area contributed by atoms with Crippen molar-refractivity contribution in [3.8, 4) is 5.75 Å². The Hall–Kier alpha value is -3.16. The standard InChI is InChI=1S/C24H19BrN2O4/c1-30-19-12-10-17(11-13-19)26-23(28)20-21(15-6-5-7-16(25)14-15)27(31-22(20)24(26)29)18-8-3-2-4-9-18/h2-14,20-22H,1H3/t20-,21+,22-/m1/s1. The first-order valence-corrected chi connectivity index (χ1v) is 10.7. The summed E-state index contributed by atoms with van der Waals surface area (Å²) in [6.07, 6.45) is -0.890. The number of amides is 2. The number of hydrogen-bond acceptors (Lipinski definition) is 5. The largest absolute Gasteiger partial charge is 0.497 e. The van der Waals surface area contributed by atoms with Gasteiger partial charge < -0.3 is 4.74 Å². The van der Waals surface area contributed by atoms with Crippen LogP contribution in [-0.2, 0) is 14.4 Å². The molecule has 0 saturated carbocycles. The van der Waals surface area contributed by atoms with Gasteiger partial charge in [-0.15, -0.1) is 0 Å². The van der Waals surface area contributed by atoms with Gasteiger partial charge in [0.2, 0.25) is 5.91 Å². The topological polar surface area (TPSA) is 59.1 Å². The molecule has 2 saturated heterocycles. The minimum absolute atomic E-state index is 0.274. The summed E-state index contributed by atoms with van der Waals surface area (Å²) in [7, 11) is 1.57. The number of fused-ring (bicyclic) bond motifs is 1. The third kappa shape index (κ3) is 3.30. The fourth-order valence-electron chi connectivity index (χ4n) is 4.23. The van der Waals surface area contributed by atoms with Crippen molar-refractivity contribution in [2.75, 3.05) is 17.1 Å². The lowest BCUT2D eigenvalue weighted by molar-refractivity contribution is -0.126. The van der Waals surface area contributed by atoms with E-state index in [2.05, 4.69) is 15.9 Å². The first-order valence-electron chi connectivity index (χ1n) is 9.87. The van der Waals surface area contributed by atoms with Crippen molar-refractivity contribution >= 4 is 39.1 Å². The zero-order chi connectivity index (χ0) is 21.5. The van der Waals surface area contributed by atoms with Crippen LogP contribution in [0.1, 0.15) is 11.6 Å². The van der Waals surface area contributed by atoms with E-state index in [0.717, 1.165) is 15.7 Å². The SMILES string of the molecule is COc1ccc(N2C(=O)[C@H]3[C@@H](ON(c4ccccc4)[C@H]3c3cccc(Br)c3)C2=O)cc1. The van der Waals surface area contributed by atoms with E-state index in [4.69, 9.17) is 9.57 Å². The van der Waals surface area contributed by atoms with E-state index >= 15 is 0 Å². The molecule has 2 fully saturated rings. The Kier molecular flexibility index (Phi) is 5.00. The van der Waals surface area contributed by atoms with Gasteiger partial charge in [0.25, 0.3) is 5.91 Å². The van der Waals surface area contributed by atoms with Gasteiger partial charge in [-0.1, -0.05) is 46.3 Å². The van der Waals surface area contributed by atoms with Crippen molar-refractivity contribution in [1.29, 1.82) is 0 Å². The van der Waals surface area contributed by atoms with E-state index in [1.807, 2.05) is 54.6 Å². The molecule has 2 heterocycles. The Morgan fingerprint density at radius 3 is 2.29 bits per heavy atom. The highest BCUT2D eigenvalue weighted by Crippen LogP contribution is 2.47. The molecule has 0 N–H and O–H groups in total. The second-order valence-corrected chi connectivity index (χ2v) is 8.34. The van der Waals surface area contributed by atoms with Gasteiger partial charge in [0.05, 0.1) is 24.5 Å². The molecule has 3 aromatic carbocycles. The number of hydroxylamine groups is 1. The molecule has 0 spiro atoms. The minimum Gasteiger partial charge on any atom is -0.497 e. The Morgan fingerprint density at radius 1 is 0.871 bits per heavy atom. The summed E-state index contributed by atoms with van der Waals surface area (Å²) in [4.78, 5) is 34.2. The number of rotatable bonds is 4. The van der Waals surface area contributed by atoms with E-state index in [0.29, 0.717) is 11.4 Å². The number of imide groups is 1. The van der Waals surface area contributed by atoms with E-state index in [1.165, 1.54) is 4.90 Å². The fourth-order valence-corrected chi connectivity index (χ4v) is 4.65. The van der Waals surface area contributed by atoms with Gasteiger partial charge in [-0.2, -0.15) is 0 Å². The highest BCUT2D eigenvalue weighted by Gasteiger charge is 2.60. The van der Waals surface area contributed by atoms with Crippen LogP contribution in [0.5, 0.6) is 5.75 Å². The summed E-state index contributed by atoms with van der Waals surface area (Å²) >= 11 is 3.51. The molecule has 2 aliphatic heterocycles. The first-order chi connectivity index (χ1) is 15.1. The molecule has 3 atom stereocenters. The number of hydrogen-bond donors (Lipinski definition) is 0. The molecule has 0 bridgehead atoms. The maximum atomic E-state index is 13.6. The molecule has 0 aliphatic carbocycles. The van der Waals surface area contributed by atoms with Crippen LogP contribution in [0.2, 0.25) is 0 Å². The zero-order valence-electron chi connectivity index (χ0n) is 16.6. The molecule has 7 heteroatoms. The van der Waals surface area contributed by atoms with Crippen LogP contribution in [0.3, 0.4) is 0 Å². The molecule has 0 radical (unpaired) electrons. The van der Waals surface area contributed by atoms with Crippen LogP contribution in [-0.4, -0.2) is 25.0 Å². The Bertz CT molecular complexity index is 1140. The van der Waals surface area contributed by atoms with Crippen molar-refractivity contribution < 1.29 is 19.2 Å². The quantitative estimate of drug-likeness (QED) is 0.516. The molecular weight excluding hydrogens is 460 g/mol. The molecule has 3 aromatic rings. The maximum Gasteiger partial charge on any atom is 0.266 e. The van der Waals surface area contributed by atoms with Crippen LogP contribution in [0.25, 0.3) is 0 Å². The van der Waals surface area contributed by atoms with Crippen LogP contribution in [0.15, 0.2) is 83.3 Å². The molecule has 0 aromatic heterocycles. The molecular formula is C24H19BrN2O4. The number of nitrogens with zero attached hydrogens (tertiary/aromatic N) is 2. The molecule has 2 amide bonds. The predicted molar refractivity (Wildman–Crippen MR) is 120 cm³/mol. The van der Waals surface area contributed by atoms with Crippen LogP contribution >= 0.6 is 15.9 Å². The van der Waals surface area contributed by atoms with E-state index in [1.54, 1.807) is 36.4 Å². The number of benzene rings is 3. The van der Waals surface area contributed by atoms with E-state index < -0.39 is 18.1 Å². The van der Waals surface area contributed by atoms with Gasteiger partial charge in [0, 0.05) is 4.47 Å². The number of para-hydroxylation sites is 1. The molecule has 0 unspecified atom stereocenters. The third-order valence-electron chi connectivity index (χ3n) is 5.65. The van der Waals surface area contributed by atoms with Crippen LogP contribution in [0, 0.1) is 5.92 Å². The van der Waals surface area contributed by atoms with Gasteiger partial charge in [-0.25, -0.2) is 9.96 Å². The average molecular weight is 479 g/mol. The number of ether oxygens (including phenoxy) is 1. The summed E-state index contributed by atoms with van der Waals surface area (Å²) in [6.45, 7) is 0. The normalized spacial score (nSPS) is 22.7. The minimum atomic E-state index is -0.890. The highest BCUT2D eigenvalue weighted by atomic mass is 79.9.